The first-order valence-electron chi connectivity index (χ1n) is 6.26. The van der Waals surface area contributed by atoms with Gasteiger partial charge in [0.05, 0.1) is 33.4 Å². The minimum Gasteiger partial charge on any atom is -0.497 e. The molecule has 2 unspecified atom stereocenters. The van der Waals surface area contributed by atoms with Crippen molar-refractivity contribution in [2.24, 2.45) is 0 Å². The number of ether oxygens (including phenoxy) is 3. The molecular formula is C14H20O6. The molecule has 0 aliphatic rings. The minimum atomic E-state index is -1.26. The van der Waals surface area contributed by atoms with Gasteiger partial charge in [0.15, 0.2) is 0 Å². The molecule has 0 aliphatic heterocycles. The van der Waals surface area contributed by atoms with Gasteiger partial charge in [-0.15, -0.1) is 0 Å². The SMILES string of the molecule is CCOC(=O)CC(O)C(O)c1cc(OC)cc(OC)c1. The number of aliphatic hydroxyl groups excluding tert-OH is 2. The molecule has 1 rings (SSSR count). The Bertz CT molecular complexity index is 423. The van der Waals surface area contributed by atoms with Crippen LogP contribution in [-0.4, -0.2) is 43.1 Å². The Kier molecular flexibility index (Phi) is 6.27. The Morgan fingerprint density at radius 3 is 2.15 bits per heavy atom. The third-order valence-electron chi connectivity index (χ3n) is 2.76. The van der Waals surface area contributed by atoms with Crippen molar-refractivity contribution in [3.05, 3.63) is 23.8 Å². The summed E-state index contributed by atoms with van der Waals surface area (Å²) in [6.07, 6.45) is -2.77. The molecule has 1 aromatic rings. The first-order chi connectivity index (χ1) is 9.51. The molecule has 0 fully saturated rings. The van der Waals surface area contributed by atoms with Gasteiger partial charge in [0.1, 0.15) is 17.6 Å². The van der Waals surface area contributed by atoms with Crippen LogP contribution in [0.4, 0.5) is 0 Å². The number of hydrogen-bond donors (Lipinski definition) is 2. The van der Waals surface area contributed by atoms with Crippen LogP contribution in [0.5, 0.6) is 11.5 Å². The topological polar surface area (TPSA) is 85.2 Å². The smallest absolute Gasteiger partial charge is 0.308 e. The van der Waals surface area contributed by atoms with Gasteiger partial charge in [0.25, 0.3) is 0 Å². The van der Waals surface area contributed by atoms with Gasteiger partial charge in [0.2, 0.25) is 0 Å². The molecule has 0 bridgehead atoms. The van der Waals surface area contributed by atoms with Crippen LogP contribution in [0, 0.1) is 0 Å². The summed E-state index contributed by atoms with van der Waals surface area (Å²) in [5.41, 5.74) is 0.401. The fourth-order valence-electron chi connectivity index (χ4n) is 1.72. The Hall–Kier alpha value is -1.79. The minimum absolute atomic E-state index is 0.231. The second-order valence-corrected chi connectivity index (χ2v) is 4.17. The summed E-state index contributed by atoms with van der Waals surface area (Å²) in [4.78, 5) is 11.3. The number of carbonyl (C=O) groups excluding carboxylic acids is 1. The van der Waals surface area contributed by atoms with Crippen molar-refractivity contribution in [2.45, 2.75) is 25.6 Å². The predicted molar refractivity (Wildman–Crippen MR) is 71.8 cm³/mol. The van der Waals surface area contributed by atoms with Gasteiger partial charge in [0, 0.05) is 6.07 Å². The monoisotopic (exact) mass is 284 g/mol. The number of carbonyl (C=O) groups is 1. The van der Waals surface area contributed by atoms with E-state index in [1.807, 2.05) is 0 Å². The van der Waals surface area contributed by atoms with Crippen LogP contribution in [0.1, 0.15) is 25.0 Å². The lowest BCUT2D eigenvalue weighted by atomic mass is 10.0. The van der Waals surface area contributed by atoms with Crippen molar-refractivity contribution in [2.75, 3.05) is 20.8 Å². The van der Waals surface area contributed by atoms with E-state index in [-0.39, 0.29) is 13.0 Å². The molecule has 2 atom stereocenters. The van der Waals surface area contributed by atoms with E-state index in [4.69, 9.17) is 14.2 Å². The highest BCUT2D eigenvalue weighted by Gasteiger charge is 2.23. The standard InChI is InChI=1S/C14H20O6/c1-4-20-13(16)8-12(15)14(17)9-5-10(18-2)7-11(6-9)19-3/h5-7,12,14-15,17H,4,8H2,1-3H3. The van der Waals surface area contributed by atoms with E-state index in [2.05, 4.69) is 0 Å². The zero-order chi connectivity index (χ0) is 15.1. The third kappa shape index (κ3) is 4.40. The fraction of sp³-hybridized carbons (Fsp3) is 0.500. The maximum absolute atomic E-state index is 11.3. The van der Waals surface area contributed by atoms with Crippen LogP contribution in [0.3, 0.4) is 0 Å². The Labute approximate surface area is 117 Å². The second-order valence-electron chi connectivity index (χ2n) is 4.17. The second kappa shape index (κ2) is 7.72. The number of esters is 1. The summed E-state index contributed by atoms with van der Waals surface area (Å²) in [6.45, 7) is 1.91. The van der Waals surface area contributed by atoms with Crippen molar-refractivity contribution >= 4 is 5.97 Å². The molecule has 0 radical (unpaired) electrons. The lowest BCUT2D eigenvalue weighted by Crippen LogP contribution is -2.23. The highest BCUT2D eigenvalue weighted by molar-refractivity contribution is 5.70. The third-order valence-corrected chi connectivity index (χ3v) is 2.76. The summed E-state index contributed by atoms with van der Waals surface area (Å²) >= 11 is 0. The van der Waals surface area contributed by atoms with E-state index in [1.165, 1.54) is 14.2 Å². The first-order valence-corrected chi connectivity index (χ1v) is 6.26. The summed E-state index contributed by atoms with van der Waals surface area (Å²) in [6, 6.07) is 4.79. The van der Waals surface area contributed by atoms with E-state index in [0.29, 0.717) is 17.1 Å². The molecule has 0 aromatic heterocycles. The van der Waals surface area contributed by atoms with E-state index in [9.17, 15) is 15.0 Å². The van der Waals surface area contributed by atoms with Gasteiger partial charge in [-0.1, -0.05) is 0 Å². The number of methoxy groups -OCH3 is 2. The van der Waals surface area contributed by atoms with Crippen LogP contribution in [0.15, 0.2) is 18.2 Å². The van der Waals surface area contributed by atoms with Crippen molar-refractivity contribution in [3.63, 3.8) is 0 Å². The van der Waals surface area contributed by atoms with Crippen LogP contribution < -0.4 is 9.47 Å². The molecule has 112 valence electrons. The van der Waals surface area contributed by atoms with Gasteiger partial charge >= 0.3 is 5.97 Å². The fourth-order valence-corrected chi connectivity index (χ4v) is 1.72. The molecule has 2 N–H and O–H groups in total. The lowest BCUT2D eigenvalue weighted by molar-refractivity contribution is -0.147. The normalized spacial score (nSPS) is 13.4. The van der Waals surface area contributed by atoms with E-state index in [1.54, 1.807) is 25.1 Å². The van der Waals surface area contributed by atoms with Crippen molar-refractivity contribution < 1.29 is 29.2 Å². The van der Waals surface area contributed by atoms with E-state index >= 15 is 0 Å². The highest BCUT2D eigenvalue weighted by atomic mass is 16.5. The van der Waals surface area contributed by atoms with Crippen LogP contribution in [0.2, 0.25) is 0 Å². The molecule has 20 heavy (non-hydrogen) atoms. The van der Waals surface area contributed by atoms with E-state index < -0.39 is 18.2 Å². The molecule has 6 heteroatoms. The predicted octanol–water partition coefficient (Wildman–Crippen LogP) is 1.05. The van der Waals surface area contributed by atoms with Crippen LogP contribution in [0.25, 0.3) is 0 Å². The first kappa shape index (κ1) is 16.3. The molecule has 0 saturated heterocycles. The Balaban J connectivity index is 2.84. The quantitative estimate of drug-likeness (QED) is 0.728. The number of benzene rings is 1. The van der Waals surface area contributed by atoms with Gasteiger partial charge in [-0.3, -0.25) is 4.79 Å². The van der Waals surface area contributed by atoms with Gasteiger partial charge < -0.3 is 24.4 Å². The molecule has 1 aromatic carbocycles. The average molecular weight is 284 g/mol. The molecular weight excluding hydrogens is 264 g/mol. The molecule has 0 saturated carbocycles. The number of hydrogen-bond acceptors (Lipinski definition) is 6. The molecule has 0 heterocycles. The Morgan fingerprint density at radius 1 is 1.15 bits per heavy atom. The molecule has 0 amide bonds. The number of aliphatic hydroxyl groups is 2. The highest BCUT2D eigenvalue weighted by Crippen LogP contribution is 2.28. The van der Waals surface area contributed by atoms with Gasteiger partial charge in [-0.2, -0.15) is 0 Å². The van der Waals surface area contributed by atoms with Gasteiger partial charge in [-0.25, -0.2) is 0 Å². The molecule has 6 nitrogen and oxygen atoms in total. The van der Waals surface area contributed by atoms with Crippen molar-refractivity contribution in [1.29, 1.82) is 0 Å². The summed E-state index contributed by atoms with van der Waals surface area (Å²) < 4.78 is 14.9. The average Bonchev–Trinajstić information content (AvgIpc) is 2.45. The summed E-state index contributed by atoms with van der Waals surface area (Å²) in [7, 11) is 2.97. The maximum Gasteiger partial charge on any atom is 0.308 e. The summed E-state index contributed by atoms with van der Waals surface area (Å²) in [5.74, 6) is 0.414. The van der Waals surface area contributed by atoms with E-state index in [0.717, 1.165) is 0 Å². The largest absolute Gasteiger partial charge is 0.497 e. The van der Waals surface area contributed by atoms with Crippen LogP contribution >= 0.6 is 0 Å². The Morgan fingerprint density at radius 2 is 1.70 bits per heavy atom. The molecule has 0 spiro atoms. The maximum atomic E-state index is 11.3. The van der Waals surface area contributed by atoms with Gasteiger partial charge in [-0.05, 0) is 24.6 Å². The molecule has 0 aliphatic carbocycles. The zero-order valence-corrected chi connectivity index (χ0v) is 11.8. The van der Waals surface area contributed by atoms with Crippen molar-refractivity contribution in [3.8, 4) is 11.5 Å². The van der Waals surface area contributed by atoms with Crippen molar-refractivity contribution in [1.82, 2.24) is 0 Å². The summed E-state index contributed by atoms with van der Waals surface area (Å²) in [5, 5.41) is 19.9. The number of rotatable bonds is 7. The zero-order valence-electron chi connectivity index (χ0n) is 11.8. The van der Waals surface area contributed by atoms with Crippen LogP contribution in [-0.2, 0) is 9.53 Å². The lowest BCUT2D eigenvalue weighted by Gasteiger charge is -2.18.